The summed E-state index contributed by atoms with van der Waals surface area (Å²) in [6, 6.07) is 11.3. The molecule has 0 heterocycles. The maximum atomic E-state index is 12.6. The van der Waals surface area contributed by atoms with E-state index in [1.165, 1.54) is 13.8 Å². The van der Waals surface area contributed by atoms with Gasteiger partial charge in [0.25, 0.3) is 0 Å². The Hall–Kier alpha value is -3.76. The predicted molar refractivity (Wildman–Crippen MR) is 147 cm³/mol. The Kier molecular flexibility index (Phi) is 11.4. The Morgan fingerprint density at radius 2 is 1.44 bits per heavy atom. The SMILES string of the molecule is COCCCOCCNC(=O)CCCC(=O)Nc1ccc2c(c1)C(COC(C)=O)c1cc(NC(C)=O)ccc1-2. The lowest BCUT2D eigenvalue weighted by Gasteiger charge is -2.15. The molecule has 0 aliphatic heterocycles. The topological polar surface area (TPSA) is 132 Å². The van der Waals surface area contributed by atoms with Crippen LogP contribution >= 0.6 is 0 Å². The number of hydrogen-bond acceptors (Lipinski definition) is 7. The number of anilines is 2. The van der Waals surface area contributed by atoms with E-state index in [1.807, 2.05) is 36.4 Å². The molecule has 210 valence electrons. The second-order valence-corrected chi connectivity index (χ2v) is 9.35. The molecule has 10 heteroatoms. The van der Waals surface area contributed by atoms with Crippen LogP contribution in [0.4, 0.5) is 11.4 Å². The van der Waals surface area contributed by atoms with Gasteiger partial charge in [0.05, 0.1) is 6.61 Å². The first kappa shape index (κ1) is 29.8. The number of fused-ring (bicyclic) bond motifs is 3. The number of carbonyl (C=O) groups excluding carboxylic acids is 4. The van der Waals surface area contributed by atoms with Gasteiger partial charge in [-0.25, -0.2) is 0 Å². The van der Waals surface area contributed by atoms with Crippen LogP contribution in [0.2, 0.25) is 0 Å². The second kappa shape index (κ2) is 15.0. The van der Waals surface area contributed by atoms with E-state index in [2.05, 4.69) is 16.0 Å². The molecule has 0 radical (unpaired) electrons. The molecule has 1 aliphatic rings. The number of carbonyl (C=O) groups is 4. The molecule has 0 spiro atoms. The maximum absolute atomic E-state index is 12.6. The fourth-order valence-electron chi connectivity index (χ4n) is 4.49. The molecule has 1 atom stereocenters. The van der Waals surface area contributed by atoms with Crippen molar-refractivity contribution in [2.75, 3.05) is 50.7 Å². The molecule has 1 aliphatic carbocycles. The number of nitrogens with one attached hydrogen (secondary N) is 3. The lowest BCUT2D eigenvalue weighted by Crippen LogP contribution is -2.27. The van der Waals surface area contributed by atoms with E-state index in [4.69, 9.17) is 14.2 Å². The molecule has 3 rings (SSSR count). The van der Waals surface area contributed by atoms with E-state index < -0.39 is 0 Å². The molecule has 3 amide bonds. The summed E-state index contributed by atoms with van der Waals surface area (Å²) in [4.78, 5) is 47.6. The van der Waals surface area contributed by atoms with Gasteiger partial charge in [0.2, 0.25) is 17.7 Å². The van der Waals surface area contributed by atoms with Crippen LogP contribution in [-0.2, 0) is 33.4 Å². The lowest BCUT2D eigenvalue weighted by molar-refractivity contribution is -0.141. The molecule has 39 heavy (non-hydrogen) atoms. The van der Waals surface area contributed by atoms with Crippen molar-refractivity contribution in [3.63, 3.8) is 0 Å². The summed E-state index contributed by atoms with van der Waals surface area (Å²) >= 11 is 0. The third-order valence-electron chi connectivity index (χ3n) is 6.21. The highest BCUT2D eigenvalue weighted by molar-refractivity contribution is 5.93. The van der Waals surface area contributed by atoms with E-state index in [0.717, 1.165) is 28.7 Å². The normalized spacial score (nSPS) is 13.3. The Bertz CT molecular complexity index is 1180. The van der Waals surface area contributed by atoms with E-state index in [0.29, 0.717) is 44.2 Å². The number of ether oxygens (including phenoxy) is 3. The Morgan fingerprint density at radius 1 is 0.795 bits per heavy atom. The monoisotopic (exact) mass is 539 g/mol. The molecule has 2 aromatic carbocycles. The standard InChI is InChI=1S/C29H37N3O7/c1-19(33)31-21-8-10-23-24-11-9-22(17-26(24)27(25(23)16-21)18-39-20(2)34)32-29(36)7-4-6-28(35)30-12-15-38-14-5-13-37-3/h8-11,16-17,27H,4-7,12-15,18H2,1-3H3,(H,30,35)(H,31,33)(H,32,36). The minimum absolute atomic E-state index is 0.120. The van der Waals surface area contributed by atoms with E-state index in [1.54, 1.807) is 7.11 Å². The van der Waals surface area contributed by atoms with E-state index in [-0.39, 0.29) is 49.1 Å². The van der Waals surface area contributed by atoms with Crippen molar-refractivity contribution in [1.29, 1.82) is 0 Å². The highest BCUT2D eigenvalue weighted by Gasteiger charge is 2.30. The zero-order valence-corrected chi connectivity index (χ0v) is 22.8. The Morgan fingerprint density at radius 3 is 2.05 bits per heavy atom. The van der Waals surface area contributed by atoms with E-state index >= 15 is 0 Å². The van der Waals surface area contributed by atoms with Crippen LogP contribution < -0.4 is 16.0 Å². The van der Waals surface area contributed by atoms with Crippen molar-refractivity contribution in [2.45, 2.75) is 45.4 Å². The zero-order chi connectivity index (χ0) is 28.2. The Labute approximate surface area is 228 Å². The smallest absolute Gasteiger partial charge is 0.302 e. The quantitative estimate of drug-likeness (QED) is 0.233. The van der Waals surface area contributed by atoms with Gasteiger partial charge < -0.3 is 30.2 Å². The number of amides is 3. The summed E-state index contributed by atoms with van der Waals surface area (Å²) in [5, 5.41) is 8.49. The van der Waals surface area contributed by atoms with Gasteiger partial charge in [-0.05, 0) is 59.4 Å². The minimum atomic E-state index is -0.383. The van der Waals surface area contributed by atoms with Crippen molar-refractivity contribution >= 4 is 35.1 Å². The van der Waals surface area contributed by atoms with E-state index in [9.17, 15) is 19.2 Å². The molecule has 0 saturated carbocycles. The summed E-state index contributed by atoms with van der Waals surface area (Å²) in [5.74, 6) is -1.11. The zero-order valence-electron chi connectivity index (χ0n) is 22.8. The second-order valence-electron chi connectivity index (χ2n) is 9.35. The molecule has 0 fully saturated rings. The van der Waals surface area contributed by atoms with Crippen molar-refractivity contribution in [2.24, 2.45) is 0 Å². The van der Waals surface area contributed by atoms with Crippen LogP contribution in [0, 0.1) is 0 Å². The van der Waals surface area contributed by atoms with Crippen LogP contribution in [-0.4, -0.2) is 63.8 Å². The van der Waals surface area contributed by atoms with Crippen LogP contribution in [0.1, 0.15) is 56.6 Å². The van der Waals surface area contributed by atoms with Gasteiger partial charge in [0.1, 0.15) is 6.61 Å². The van der Waals surface area contributed by atoms with Gasteiger partial charge in [-0.2, -0.15) is 0 Å². The molecular formula is C29H37N3O7. The third-order valence-corrected chi connectivity index (χ3v) is 6.21. The maximum Gasteiger partial charge on any atom is 0.302 e. The first-order valence-corrected chi connectivity index (χ1v) is 13.1. The average Bonchev–Trinajstić information content (AvgIpc) is 3.18. The number of rotatable bonds is 15. The number of methoxy groups -OCH3 is 1. The molecule has 10 nitrogen and oxygen atoms in total. The average molecular weight is 540 g/mol. The van der Waals surface area contributed by atoms with Crippen molar-refractivity contribution < 1.29 is 33.4 Å². The first-order valence-electron chi connectivity index (χ1n) is 13.1. The molecule has 1 unspecified atom stereocenters. The van der Waals surface area contributed by atoms with Crippen LogP contribution in [0.5, 0.6) is 0 Å². The van der Waals surface area contributed by atoms with Crippen molar-refractivity contribution in [3.05, 3.63) is 47.5 Å². The summed E-state index contributed by atoms with van der Waals surface area (Å²) in [7, 11) is 1.64. The van der Waals surface area contributed by atoms with Gasteiger partial charge in [0.15, 0.2) is 0 Å². The summed E-state index contributed by atoms with van der Waals surface area (Å²) in [6.45, 7) is 5.04. The first-order chi connectivity index (χ1) is 18.8. The highest BCUT2D eigenvalue weighted by atomic mass is 16.5. The third kappa shape index (κ3) is 9.19. The van der Waals surface area contributed by atoms with Crippen LogP contribution in [0.15, 0.2) is 36.4 Å². The summed E-state index contributed by atoms with van der Waals surface area (Å²) < 4.78 is 15.7. The summed E-state index contributed by atoms with van der Waals surface area (Å²) in [5.41, 5.74) is 5.11. The molecule has 0 bridgehead atoms. The van der Waals surface area contributed by atoms with Crippen LogP contribution in [0.3, 0.4) is 0 Å². The highest BCUT2D eigenvalue weighted by Crippen LogP contribution is 2.46. The lowest BCUT2D eigenvalue weighted by atomic mass is 9.97. The van der Waals surface area contributed by atoms with Gasteiger partial charge in [-0.1, -0.05) is 12.1 Å². The molecule has 3 N–H and O–H groups in total. The fourth-order valence-corrected chi connectivity index (χ4v) is 4.49. The minimum Gasteiger partial charge on any atom is -0.465 e. The van der Waals surface area contributed by atoms with Gasteiger partial charge in [0, 0.05) is 70.9 Å². The van der Waals surface area contributed by atoms with Gasteiger partial charge in [-0.3, -0.25) is 19.2 Å². The van der Waals surface area contributed by atoms with Gasteiger partial charge >= 0.3 is 5.97 Å². The fraction of sp³-hybridized carbons (Fsp3) is 0.448. The van der Waals surface area contributed by atoms with Crippen molar-refractivity contribution in [3.8, 4) is 11.1 Å². The molecule has 0 aromatic heterocycles. The Balaban J connectivity index is 1.54. The number of esters is 1. The molecular weight excluding hydrogens is 502 g/mol. The van der Waals surface area contributed by atoms with Crippen LogP contribution in [0.25, 0.3) is 11.1 Å². The number of benzene rings is 2. The van der Waals surface area contributed by atoms with Crippen molar-refractivity contribution in [1.82, 2.24) is 5.32 Å². The predicted octanol–water partition coefficient (Wildman–Crippen LogP) is 3.60. The van der Waals surface area contributed by atoms with Gasteiger partial charge in [-0.15, -0.1) is 0 Å². The molecule has 0 saturated heterocycles. The molecule has 2 aromatic rings. The number of hydrogen-bond donors (Lipinski definition) is 3. The largest absolute Gasteiger partial charge is 0.465 e. The summed E-state index contributed by atoms with van der Waals surface area (Å²) in [6.07, 6.45) is 1.68.